The Bertz CT molecular complexity index is 1910. The molecule has 9 heteroatoms. The monoisotopic (exact) mass is 646 g/mol. The van der Waals surface area contributed by atoms with Gasteiger partial charge < -0.3 is 19.9 Å². The minimum absolute atomic E-state index is 0.293. The van der Waals surface area contributed by atoms with Crippen LogP contribution in [0, 0.1) is 11.3 Å². The van der Waals surface area contributed by atoms with Crippen molar-refractivity contribution in [3.63, 3.8) is 0 Å². The first-order valence-electron chi connectivity index (χ1n) is 15.7. The number of benzene rings is 4. The van der Waals surface area contributed by atoms with Gasteiger partial charge in [-0.15, -0.1) is 0 Å². The molecule has 1 heterocycles. The lowest BCUT2D eigenvalue weighted by molar-refractivity contribution is -0.129. The Hall–Kier alpha value is -4.75. The molecule has 5 aromatic rings. The number of nitriles is 1. The molecule has 1 aromatic heterocycles. The molecule has 5 rings (SSSR count). The molecule has 0 radical (unpaired) electrons. The highest BCUT2D eigenvalue weighted by atomic mass is 28.4. The molecular weight excluding hydrogens is 605 g/mol. The van der Waals surface area contributed by atoms with Crippen molar-refractivity contribution in [2.75, 3.05) is 0 Å². The predicted octanol–water partition coefficient (Wildman–Crippen LogP) is 5.03. The summed E-state index contributed by atoms with van der Waals surface area (Å²) in [6.45, 7) is 10.0. The zero-order valence-electron chi connectivity index (χ0n) is 27.8. The SMILES string of the molecule is C[C@@H](O[Si](c1ccccc1)(c1ccccc1)C(C)(C)C)[C@@](C)(N)C(=O)N[C@H](C#N)Cc1ccc(-c2ccc3oc(=O)n(C)c3c2)cc1. The third-order valence-electron chi connectivity index (χ3n) is 9.08. The van der Waals surface area contributed by atoms with E-state index < -0.39 is 37.7 Å². The number of nitrogens with zero attached hydrogens (tertiary/aromatic N) is 2. The summed E-state index contributed by atoms with van der Waals surface area (Å²) in [5.41, 5.74) is 9.36. The lowest BCUT2D eigenvalue weighted by atomic mass is 9.95. The van der Waals surface area contributed by atoms with E-state index in [4.69, 9.17) is 14.6 Å². The number of fused-ring (bicyclic) bond motifs is 1. The average Bonchev–Trinajstić information content (AvgIpc) is 3.35. The minimum atomic E-state index is -2.98. The lowest BCUT2D eigenvalue weighted by Gasteiger charge is -2.47. The van der Waals surface area contributed by atoms with Crippen LogP contribution in [0.1, 0.15) is 40.2 Å². The van der Waals surface area contributed by atoms with Gasteiger partial charge in [-0.1, -0.05) is 112 Å². The molecule has 0 saturated heterocycles. The highest BCUT2D eigenvalue weighted by Gasteiger charge is 2.53. The predicted molar refractivity (Wildman–Crippen MR) is 189 cm³/mol. The Morgan fingerprint density at radius 2 is 1.49 bits per heavy atom. The van der Waals surface area contributed by atoms with Gasteiger partial charge in [0.2, 0.25) is 5.91 Å². The van der Waals surface area contributed by atoms with E-state index in [-0.39, 0.29) is 5.04 Å². The lowest BCUT2D eigenvalue weighted by Crippen LogP contribution is -2.71. The Morgan fingerprint density at radius 3 is 2.02 bits per heavy atom. The van der Waals surface area contributed by atoms with Gasteiger partial charge in [0.05, 0.1) is 17.7 Å². The molecule has 0 spiro atoms. The summed E-state index contributed by atoms with van der Waals surface area (Å²) >= 11 is 0. The van der Waals surface area contributed by atoms with Gasteiger partial charge in [0.25, 0.3) is 8.32 Å². The van der Waals surface area contributed by atoms with E-state index in [1.54, 1.807) is 20.0 Å². The Morgan fingerprint density at radius 1 is 0.936 bits per heavy atom. The number of oxazole rings is 1. The average molecular weight is 647 g/mol. The van der Waals surface area contributed by atoms with Crippen LogP contribution in [0.25, 0.3) is 22.2 Å². The number of aromatic nitrogens is 1. The number of nitrogens with two attached hydrogens (primary N) is 1. The van der Waals surface area contributed by atoms with Crippen LogP contribution < -0.4 is 27.2 Å². The third-order valence-corrected chi connectivity index (χ3v) is 14.2. The summed E-state index contributed by atoms with van der Waals surface area (Å²) in [5.74, 6) is -0.861. The first kappa shape index (κ1) is 33.6. The summed E-state index contributed by atoms with van der Waals surface area (Å²) in [6, 6.07) is 35.2. The van der Waals surface area contributed by atoms with Crippen LogP contribution in [-0.4, -0.2) is 36.5 Å². The van der Waals surface area contributed by atoms with Crippen molar-refractivity contribution in [1.82, 2.24) is 9.88 Å². The summed E-state index contributed by atoms with van der Waals surface area (Å²) in [7, 11) is -1.30. The summed E-state index contributed by atoms with van der Waals surface area (Å²) in [4.78, 5) is 25.6. The van der Waals surface area contributed by atoms with Crippen molar-refractivity contribution in [1.29, 1.82) is 5.26 Å². The molecule has 1 amide bonds. The number of carbonyl (C=O) groups excluding carboxylic acids is 1. The Labute approximate surface area is 276 Å². The Kier molecular flexibility index (Phi) is 9.41. The molecular formula is C38H42N4O4Si. The van der Waals surface area contributed by atoms with E-state index in [1.165, 1.54) is 4.57 Å². The molecule has 4 aromatic carbocycles. The van der Waals surface area contributed by atoms with E-state index in [0.29, 0.717) is 17.5 Å². The van der Waals surface area contributed by atoms with E-state index in [0.717, 1.165) is 27.1 Å². The highest BCUT2D eigenvalue weighted by Crippen LogP contribution is 2.38. The van der Waals surface area contributed by atoms with Crippen molar-refractivity contribution >= 4 is 35.7 Å². The number of hydrogen-bond donors (Lipinski definition) is 2. The maximum atomic E-state index is 13.8. The fraction of sp³-hybridized carbons (Fsp3) is 0.289. The largest absolute Gasteiger partial charge is 0.419 e. The van der Waals surface area contributed by atoms with Gasteiger partial charge in [-0.25, -0.2) is 4.79 Å². The van der Waals surface area contributed by atoms with Crippen LogP contribution in [0.4, 0.5) is 0 Å². The van der Waals surface area contributed by atoms with Gasteiger partial charge in [-0.2, -0.15) is 5.26 Å². The smallest absolute Gasteiger partial charge is 0.408 e. The quantitative estimate of drug-likeness (QED) is 0.205. The molecule has 47 heavy (non-hydrogen) atoms. The molecule has 0 fully saturated rings. The zero-order valence-corrected chi connectivity index (χ0v) is 28.8. The number of nitrogens with one attached hydrogen (secondary N) is 1. The first-order chi connectivity index (χ1) is 22.3. The second-order valence-electron chi connectivity index (χ2n) is 13.4. The van der Waals surface area contributed by atoms with Crippen LogP contribution in [0.5, 0.6) is 0 Å². The van der Waals surface area contributed by atoms with Crippen LogP contribution in [0.15, 0.2) is 112 Å². The van der Waals surface area contributed by atoms with Gasteiger partial charge in [-0.3, -0.25) is 9.36 Å². The van der Waals surface area contributed by atoms with Crippen molar-refractivity contribution < 1.29 is 13.6 Å². The number of amides is 1. The van der Waals surface area contributed by atoms with Crippen LogP contribution in [0.2, 0.25) is 5.04 Å². The number of hydrogen-bond acceptors (Lipinski definition) is 6. The van der Waals surface area contributed by atoms with Gasteiger partial charge in [0, 0.05) is 13.5 Å². The fourth-order valence-electron chi connectivity index (χ4n) is 6.08. The molecule has 8 nitrogen and oxygen atoms in total. The maximum absolute atomic E-state index is 13.8. The standard InChI is InChI=1S/C38H42N4O4Si/c1-26(46-47(37(2,3)4,31-13-9-7-10-14-31)32-15-11-8-12-16-32)38(5,40)35(43)41-30(25-39)23-27-17-19-28(20-18-27)29-21-22-34-33(24-29)42(6)36(44)45-34/h7-22,24,26,30H,23,40H2,1-6H3,(H,41,43)/t26-,30+,38-/m1/s1. The normalized spacial score (nSPS) is 14.6. The number of aryl methyl sites for hydroxylation is 1. The maximum Gasteiger partial charge on any atom is 0.419 e. The van der Waals surface area contributed by atoms with Crippen LogP contribution in [-0.2, 0) is 22.7 Å². The molecule has 0 saturated carbocycles. The van der Waals surface area contributed by atoms with Crippen molar-refractivity contribution in [3.8, 4) is 17.2 Å². The molecule has 3 N–H and O–H groups in total. The fourth-order valence-corrected chi connectivity index (χ4v) is 10.9. The third kappa shape index (κ3) is 6.58. The van der Waals surface area contributed by atoms with E-state index in [2.05, 4.69) is 56.4 Å². The van der Waals surface area contributed by atoms with Crippen molar-refractivity contribution in [3.05, 3.63) is 119 Å². The second kappa shape index (κ2) is 13.2. The van der Waals surface area contributed by atoms with Gasteiger partial charge in [0.1, 0.15) is 11.6 Å². The minimum Gasteiger partial charge on any atom is -0.408 e. The topological polar surface area (TPSA) is 123 Å². The molecule has 0 bridgehead atoms. The van der Waals surface area contributed by atoms with Crippen molar-refractivity contribution in [2.24, 2.45) is 12.8 Å². The van der Waals surface area contributed by atoms with Gasteiger partial charge >= 0.3 is 5.76 Å². The molecule has 242 valence electrons. The molecule has 0 aliphatic carbocycles. The zero-order chi connectivity index (χ0) is 34.0. The van der Waals surface area contributed by atoms with Crippen LogP contribution in [0.3, 0.4) is 0 Å². The first-order valence-corrected chi connectivity index (χ1v) is 17.7. The van der Waals surface area contributed by atoms with Gasteiger partial charge in [-0.05, 0) is 58.1 Å². The molecule has 0 unspecified atom stereocenters. The molecule has 0 aliphatic rings. The van der Waals surface area contributed by atoms with E-state index in [9.17, 15) is 14.9 Å². The van der Waals surface area contributed by atoms with Crippen molar-refractivity contribution in [2.45, 2.75) is 63.8 Å². The summed E-state index contributed by atoms with van der Waals surface area (Å²) < 4.78 is 13.8. The number of carbonyl (C=O) groups is 1. The molecule has 3 atom stereocenters. The van der Waals surface area contributed by atoms with E-state index in [1.807, 2.05) is 79.7 Å². The van der Waals surface area contributed by atoms with Gasteiger partial charge in [0.15, 0.2) is 5.58 Å². The second-order valence-corrected chi connectivity index (χ2v) is 17.6. The molecule has 0 aliphatic heterocycles. The van der Waals surface area contributed by atoms with E-state index >= 15 is 0 Å². The summed E-state index contributed by atoms with van der Waals surface area (Å²) in [5, 5.41) is 14.8. The summed E-state index contributed by atoms with van der Waals surface area (Å²) in [6.07, 6.45) is -0.378. The van der Waals surface area contributed by atoms with Crippen LogP contribution >= 0.6 is 0 Å². The number of rotatable bonds is 10. The Balaban J connectivity index is 1.33. The highest BCUT2D eigenvalue weighted by molar-refractivity contribution is 6.99.